The Morgan fingerprint density at radius 2 is 1.94 bits per heavy atom. The summed E-state index contributed by atoms with van der Waals surface area (Å²) in [7, 11) is -6.13. The zero-order valence-corrected chi connectivity index (χ0v) is 16.3. The monoisotopic (exact) mass is 453 g/mol. The van der Waals surface area contributed by atoms with Gasteiger partial charge in [-0.15, -0.1) is 3.89 Å². The minimum Gasteiger partial charge on any atom is -0.394 e. The van der Waals surface area contributed by atoms with Crippen molar-refractivity contribution in [3.8, 4) is 0 Å². The number of nitrogens with two attached hydrogens (primary N) is 1. The van der Waals surface area contributed by atoms with E-state index in [4.69, 9.17) is 10.5 Å². The number of anilines is 1. The molecule has 4 rings (SSSR count). The van der Waals surface area contributed by atoms with E-state index in [1.165, 1.54) is 24.3 Å². The maximum Gasteiger partial charge on any atom is 0.340 e. The summed E-state index contributed by atoms with van der Waals surface area (Å²) >= 11 is 0. The van der Waals surface area contributed by atoms with Gasteiger partial charge in [0.2, 0.25) is 5.78 Å². The number of aliphatic hydroxyl groups is 3. The number of aliphatic hydroxyl groups excluding tert-OH is 2. The number of hydrogen-bond acceptors (Lipinski definition) is 11. The molecule has 2 aromatic heterocycles. The van der Waals surface area contributed by atoms with Crippen molar-refractivity contribution in [2.24, 2.45) is 0 Å². The van der Waals surface area contributed by atoms with Crippen molar-refractivity contribution >= 4 is 33.0 Å². The first-order chi connectivity index (χ1) is 14.6. The van der Waals surface area contributed by atoms with Gasteiger partial charge in [-0.2, -0.15) is 8.42 Å². The molecule has 5 N–H and O–H groups in total. The van der Waals surface area contributed by atoms with Crippen LogP contribution in [0.15, 0.2) is 43.0 Å². The van der Waals surface area contributed by atoms with Crippen LogP contribution in [0.25, 0.3) is 11.2 Å². The maximum absolute atomic E-state index is 14.6. The van der Waals surface area contributed by atoms with Crippen molar-refractivity contribution in [1.82, 2.24) is 19.5 Å². The minimum absolute atomic E-state index is 0.105. The van der Waals surface area contributed by atoms with Crippen molar-refractivity contribution in [1.29, 1.82) is 0 Å². The second-order valence-corrected chi connectivity index (χ2v) is 8.30. The van der Waals surface area contributed by atoms with Gasteiger partial charge in [-0.1, -0.05) is 30.3 Å². The second-order valence-electron chi connectivity index (χ2n) is 6.80. The van der Waals surface area contributed by atoms with E-state index in [1.54, 1.807) is 6.07 Å². The molecule has 3 aromatic rings. The Morgan fingerprint density at radius 1 is 1.26 bits per heavy atom. The van der Waals surface area contributed by atoms with Gasteiger partial charge in [0.15, 0.2) is 11.5 Å². The average Bonchev–Trinajstić information content (AvgIpc) is 3.28. The highest BCUT2D eigenvalue weighted by Gasteiger charge is 2.77. The van der Waals surface area contributed by atoms with Crippen LogP contribution < -0.4 is 5.73 Å². The number of rotatable bonds is 5. The van der Waals surface area contributed by atoms with Crippen molar-refractivity contribution in [2.75, 3.05) is 12.3 Å². The fraction of sp³-hybridized carbons (Fsp3) is 0.294. The molecule has 164 valence electrons. The SMILES string of the molecule is Nc1ncnc2c1ncn2[C@]1(C(=O)c2ccccc2)O[C@H](CO)[C@@H](O)[C@]1(O)S(=O)(=O)F. The Kier molecular flexibility index (Phi) is 4.79. The van der Waals surface area contributed by atoms with Crippen LogP contribution in [0.5, 0.6) is 0 Å². The van der Waals surface area contributed by atoms with Crippen LogP contribution >= 0.6 is 0 Å². The summed E-state index contributed by atoms with van der Waals surface area (Å²) in [5, 5.41) is 31.2. The molecule has 1 fully saturated rings. The standard InChI is InChI=1S/C17H16FN5O7S/c18-31(28,29)17(27)13(26)10(6-24)30-16(17,12(25)9-4-2-1-3-5-9)23-8-22-11-14(19)20-7-21-15(11)23/h1-5,7-8,10,13,24,26-27H,6H2,(H2,19,20,21)/t10-,13-,16-,17+/m1/s1. The molecule has 0 amide bonds. The maximum atomic E-state index is 14.6. The first-order valence-electron chi connectivity index (χ1n) is 8.76. The average molecular weight is 453 g/mol. The van der Waals surface area contributed by atoms with Crippen LogP contribution in [0.4, 0.5) is 9.70 Å². The van der Waals surface area contributed by atoms with E-state index in [-0.39, 0.29) is 22.5 Å². The largest absolute Gasteiger partial charge is 0.394 e. The smallest absolute Gasteiger partial charge is 0.340 e. The molecular weight excluding hydrogens is 437 g/mol. The van der Waals surface area contributed by atoms with Crippen LogP contribution in [-0.2, 0) is 20.7 Å². The summed E-state index contributed by atoms with van der Waals surface area (Å²) in [4.78, 5) is 21.3. The van der Waals surface area contributed by atoms with Gasteiger partial charge < -0.3 is 25.8 Å². The normalized spacial score (nSPS) is 28.8. The number of benzene rings is 1. The summed E-state index contributed by atoms with van der Waals surface area (Å²) in [6.45, 7) is -1.05. The topological polar surface area (TPSA) is 191 Å². The van der Waals surface area contributed by atoms with E-state index in [9.17, 15) is 32.4 Å². The van der Waals surface area contributed by atoms with E-state index in [0.29, 0.717) is 4.57 Å². The zero-order valence-electron chi connectivity index (χ0n) is 15.5. The minimum atomic E-state index is -6.13. The number of ketones is 1. The molecule has 0 saturated carbocycles. The Bertz CT molecular complexity index is 1270. The van der Waals surface area contributed by atoms with Crippen LogP contribution in [0.3, 0.4) is 0 Å². The fourth-order valence-electron chi connectivity index (χ4n) is 3.69. The number of aromatic nitrogens is 4. The third-order valence-corrected chi connectivity index (χ3v) is 6.42. The molecule has 0 radical (unpaired) electrons. The highest BCUT2D eigenvalue weighted by Crippen LogP contribution is 2.50. The predicted octanol–water partition coefficient (Wildman–Crippen LogP) is -1.32. The quantitative estimate of drug-likeness (QED) is 0.265. The van der Waals surface area contributed by atoms with E-state index < -0.39 is 45.5 Å². The first kappa shape index (κ1) is 21.2. The van der Waals surface area contributed by atoms with E-state index in [1.807, 2.05) is 0 Å². The van der Waals surface area contributed by atoms with E-state index in [0.717, 1.165) is 12.7 Å². The molecule has 14 heteroatoms. The zero-order chi connectivity index (χ0) is 22.6. The fourth-order valence-corrected chi connectivity index (χ4v) is 4.70. The molecule has 0 bridgehead atoms. The van der Waals surface area contributed by atoms with Crippen LogP contribution in [0.1, 0.15) is 10.4 Å². The number of Topliss-reactive ketones (excluding diaryl/α,β-unsaturated/α-hetero) is 1. The molecule has 0 unspecified atom stereocenters. The number of nitrogen functional groups attached to an aromatic ring is 1. The number of carbonyl (C=O) groups excluding carboxylic acids is 1. The molecule has 3 heterocycles. The first-order valence-corrected chi connectivity index (χ1v) is 10.1. The Balaban J connectivity index is 2.14. The molecule has 4 atom stereocenters. The number of halogens is 1. The van der Waals surface area contributed by atoms with E-state index in [2.05, 4.69) is 15.0 Å². The molecular formula is C17H16FN5O7S. The van der Waals surface area contributed by atoms with Gasteiger partial charge in [0, 0.05) is 5.56 Å². The van der Waals surface area contributed by atoms with Crippen molar-refractivity contribution in [2.45, 2.75) is 22.9 Å². The van der Waals surface area contributed by atoms with Crippen LogP contribution in [0, 0.1) is 0 Å². The van der Waals surface area contributed by atoms with Gasteiger partial charge in [-0.3, -0.25) is 9.36 Å². The van der Waals surface area contributed by atoms with Crippen molar-refractivity contribution < 1.29 is 37.2 Å². The second kappa shape index (κ2) is 7.00. The molecule has 1 aromatic carbocycles. The molecule has 0 spiro atoms. The highest BCUT2D eigenvalue weighted by atomic mass is 32.3. The number of carbonyl (C=O) groups is 1. The molecule has 31 heavy (non-hydrogen) atoms. The lowest BCUT2D eigenvalue weighted by atomic mass is 9.92. The summed E-state index contributed by atoms with van der Waals surface area (Å²) in [5.41, 5.74) is 1.99. The third-order valence-electron chi connectivity index (χ3n) is 5.16. The number of ether oxygens (including phenoxy) is 1. The third kappa shape index (κ3) is 2.69. The van der Waals surface area contributed by atoms with Gasteiger partial charge in [-0.05, 0) is 0 Å². The molecule has 1 aliphatic heterocycles. The Morgan fingerprint density at radius 3 is 2.55 bits per heavy atom. The van der Waals surface area contributed by atoms with Crippen molar-refractivity contribution in [3.63, 3.8) is 0 Å². The summed E-state index contributed by atoms with van der Waals surface area (Å²) in [6, 6.07) is 6.96. The Labute approximate surface area is 174 Å². The van der Waals surface area contributed by atoms with Crippen LogP contribution in [0.2, 0.25) is 0 Å². The molecule has 0 aliphatic carbocycles. The van der Waals surface area contributed by atoms with Gasteiger partial charge in [0.25, 0.3) is 10.7 Å². The van der Waals surface area contributed by atoms with Gasteiger partial charge >= 0.3 is 10.2 Å². The molecule has 12 nitrogen and oxygen atoms in total. The van der Waals surface area contributed by atoms with Crippen molar-refractivity contribution in [3.05, 3.63) is 48.5 Å². The lowest BCUT2D eigenvalue weighted by molar-refractivity contribution is -0.128. The summed E-state index contributed by atoms with van der Waals surface area (Å²) in [5.74, 6) is -1.40. The van der Waals surface area contributed by atoms with Gasteiger partial charge in [-0.25, -0.2) is 15.0 Å². The predicted molar refractivity (Wildman–Crippen MR) is 101 cm³/mol. The summed E-state index contributed by atoms with van der Waals surface area (Å²) in [6.07, 6.45) is -2.61. The molecule has 1 aliphatic rings. The van der Waals surface area contributed by atoms with Gasteiger partial charge in [0.1, 0.15) is 30.4 Å². The lowest BCUT2D eigenvalue weighted by Crippen LogP contribution is -2.64. The number of fused-ring (bicyclic) bond motifs is 1. The number of hydrogen-bond donors (Lipinski definition) is 4. The number of imidazole rings is 1. The lowest BCUT2D eigenvalue weighted by Gasteiger charge is -2.38. The van der Waals surface area contributed by atoms with Crippen LogP contribution in [-0.4, -0.2) is 72.8 Å². The summed E-state index contributed by atoms with van der Waals surface area (Å²) < 4.78 is 45.2. The molecule has 1 saturated heterocycles. The number of nitrogens with zero attached hydrogens (tertiary/aromatic N) is 4. The highest BCUT2D eigenvalue weighted by molar-refractivity contribution is 7.87. The Hall–Kier alpha value is -3.04. The van der Waals surface area contributed by atoms with Gasteiger partial charge in [0.05, 0.1) is 6.61 Å². The van der Waals surface area contributed by atoms with E-state index >= 15 is 0 Å².